The molecule has 3 aromatic rings. The van der Waals surface area contributed by atoms with Crippen molar-refractivity contribution >= 4 is 11.3 Å². The van der Waals surface area contributed by atoms with E-state index in [0.29, 0.717) is 0 Å². The molecule has 0 nitrogen and oxygen atoms in total. The minimum Gasteiger partial charge on any atom is -0.144 e. The quantitative estimate of drug-likeness (QED) is 0.590. The third-order valence-electron chi connectivity index (χ3n) is 3.51. The Hall–Kier alpha value is -1.86. The predicted octanol–water partition coefficient (Wildman–Crippen LogP) is 5.51. The summed E-state index contributed by atoms with van der Waals surface area (Å²) in [4.78, 5) is 1.36. The molecule has 0 saturated heterocycles. The average Bonchev–Trinajstić information content (AvgIpc) is 2.93. The highest BCUT2D eigenvalue weighted by molar-refractivity contribution is 7.13. The molecule has 0 aliphatic rings. The zero-order chi connectivity index (χ0) is 13.8. The van der Waals surface area contributed by atoms with Crippen molar-refractivity contribution in [3.05, 3.63) is 82.7 Å². The van der Waals surface area contributed by atoms with Crippen molar-refractivity contribution in [1.29, 1.82) is 0 Å². The van der Waals surface area contributed by atoms with E-state index >= 15 is 0 Å². The first-order valence-electron chi connectivity index (χ1n) is 7.00. The lowest BCUT2D eigenvalue weighted by atomic mass is 10.0. The van der Waals surface area contributed by atoms with Crippen LogP contribution in [0.25, 0.3) is 10.4 Å². The standard InChI is InChI=1S/C19H18S/c1-15-13-19(20-14-15)18-11-9-17(10-12-18)8-7-16-5-3-2-4-6-16/h2-6,9-14H,7-8H2,1H3. The van der Waals surface area contributed by atoms with Gasteiger partial charge in [-0.1, -0.05) is 54.6 Å². The van der Waals surface area contributed by atoms with Crippen LogP contribution in [0.3, 0.4) is 0 Å². The van der Waals surface area contributed by atoms with Gasteiger partial charge in [0.05, 0.1) is 0 Å². The molecule has 100 valence electrons. The summed E-state index contributed by atoms with van der Waals surface area (Å²) in [5, 5.41) is 2.21. The summed E-state index contributed by atoms with van der Waals surface area (Å²) in [6.07, 6.45) is 2.21. The van der Waals surface area contributed by atoms with Gasteiger partial charge >= 0.3 is 0 Å². The molecule has 0 aliphatic carbocycles. The molecule has 0 unspecified atom stereocenters. The van der Waals surface area contributed by atoms with Crippen molar-refractivity contribution in [3.63, 3.8) is 0 Å². The van der Waals surface area contributed by atoms with Crippen molar-refractivity contribution in [2.45, 2.75) is 19.8 Å². The van der Waals surface area contributed by atoms with Crippen LogP contribution >= 0.6 is 11.3 Å². The summed E-state index contributed by atoms with van der Waals surface area (Å²) in [6, 6.07) is 21.9. The van der Waals surface area contributed by atoms with Crippen molar-refractivity contribution < 1.29 is 0 Å². The number of hydrogen-bond donors (Lipinski definition) is 0. The average molecular weight is 278 g/mol. The van der Waals surface area contributed by atoms with Crippen LogP contribution < -0.4 is 0 Å². The molecule has 0 fully saturated rings. The summed E-state index contributed by atoms with van der Waals surface area (Å²) >= 11 is 1.82. The van der Waals surface area contributed by atoms with Gasteiger partial charge in [-0.05, 0) is 53.5 Å². The minimum absolute atomic E-state index is 1.10. The largest absolute Gasteiger partial charge is 0.144 e. The first kappa shape index (κ1) is 13.1. The Morgan fingerprint density at radius 2 is 1.45 bits per heavy atom. The van der Waals surface area contributed by atoms with E-state index in [0.717, 1.165) is 12.8 Å². The van der Waals surface area contributed by atoms with E-state index in [9.17, 15) is 0 Å². The molecule has 0 saturated carbocycles. The fourth-order valence-electron chi connectivity index (χ4n) is 2.35. The summed E-state index contributed by atoms with van der Waals surface area (Å²) in [5.74, 6) is 0. The molecule has 0 bridgehead atoms. The van der Waals surface area contributed by atoms with Crippen LogP contribution in [0, 0.1) is 6.92 Å². The second-order valence-electron chi connectivity index (χ2n) is 5.17. The van der Waals surface area contributed by atoms with Gasteiger partial charge in [-0.15, -0.1) is 11.3 Å². The summed E-state index contributed by atoms with van der Waals surface area (Å²) in [5.41, 5.74) is 5.49. The van der Waals surface area contributed by atoms with Crippen LogP contribution in [-0.2, 0) is 12.8 Å². The molecule has 0 aliphatic heterocycles. The number of benzene rings is 2. The predicted molar refractivity (Wildman–Crippen MR) is 88.3 cm³/mol. The maximum atomic E-state index is 2.26. The Bertz CT molecular complexity index is 663. The van der Waals surface area contributed by atoms with Crippen molar-refractivity contribution in [2.24, 2.45) is 0 Å². The SMILES string of the molecule is Cc1csc(-c2ccc(CCc3ccccc3)cc2)c1. The normalized spacial score (nSPS) is 10.7. The van der Waals surface area contributed by atoms with Gasteiger partial charge in [-0.3, -0.25) is 0 Å². The van der Waals surface area contributed by atoms with E-state index < -0.39 is 0 Å². The van der Waals surface area contributed by atoms with Crippen LogP contribution in [0.15, 0.2) is 66.0 Å². The number of thiophene rings is 1. The first-order chi connectivity index (χ1) is 9.81. The first-order valence-corrected chi connectivity index (χ1v) is 7.87. The maximum absolute atomic E-state index is 2.26. The zero-order valence-corrected chi connectivity index (χ0v) is 12.5. The fraction of sp³-hybridized carbons (Fsp3) is 0.158. The number of hydrogen-bond acceptors (Lipinski definition) is 1. The van der Waals surface area contributed by atoms with Gasteiger partial charge < -0.3 is 0 Å². The van der Waals surface area contributed by atoms with Gasteiger partial charge in [0.15, 0.2) is 0 Å². The molecule has 20 heavy (non-hydrogen) atoms. The fourth-order valence-corrected chi connectivity index (χ4v) is 3.26. The number of aryl methyl sites for hydroxylation is 3. The third kappa shape index (κ3) is 3.17. The Morgan fingerprint density at radius 3 is 2.05 bits per heavy atom. The lowest BCUT2D eigenvalue weighted by Crippen LogP contribution is -1.90. The van der Waals surface area contributed by atoms with Crippen LogP contribution in [0.4, 0.5) is 0 Å². The number of rotatable bonds is 4. The molecule has 0 radical (unpaired) electrons. The minimum atomic E-state index is 1.10. The summed E-state index contributed by atoms with van der Waals surface area (Å²) < 4.78 is 0. The molecular formula is C19H18S. The van der Waals surface area contributed by atoms with Gasteiger partial charge in [-0.2, -0.15) is 0 Å². The molecule has 0 atom stereocenters. The van der Waals surface area contributed by atoms with Crippen LogP contribution in [0.2, 0.25) is 0 Å². The zero-order valence-electron chi connectivity index (χ0n) is 11.7. The Morgan fingerprint density at radius 1 is 0.800 bits per heavy atom. The molecule has 3 rings (SSSR count). The summed E-state index contributed by atoms with van der Waals surface area (Å²) in [7, 11) is 0. The molecule has 2 aromatic carbocycles. The highest BCUT2D eigenvalue weighted by atomic mass is 32.1. The smallest absolute Gasteiger partial charge is 0.0345 e. The van der Waals surface area contributed by atoms with E-state index in [1.54, 1.807) is 0 Å². The van der Waals surface area contributed by atoms with E-state index in [2.05, 4.69) is 73.0 Å². The van der Waals surface area contributed by atoms with E-state index in [1.165, 1.54) is 27.1 Å². The van der Waals surface area contributed by atoms with Crippen molar-refractivity contribution in [3.8, 4) is 10.4 Å². The van der Waals surface area contributed by atoms with Crippen LogP contribution in [-0.4, -0.2) is 0 Å². The highest BCUT2D eigenvalue weighted by Crippen LogP contribution is 2.27. The lowest BCUT2D eigenvalue weighted by molar-refractivity contribution is 0.960. The maximum Gasteiger partial charge on any atom is 0.0345 e. The monoisotopic (exact) mass is 278 g/mol. The van der Waals surface area contributed by atoms with Crippen LogP contribution in [0.1, 0.15) is 16.7 Å². The van der Waals surface area contributed by atoms with Gasteiger partial charge in [0.25, 0.3) is 0 Å². The molecule has 0 amide bonds. The summed E-state index contributed by atoms with van der Waals surface area (Å²) in [6.45, 7) is 2.15. The molecule has 0 spiro atoms. The topological polar surface area (TPSA) is 0 Å². The Kier molecular flexibility index (Phi) is 3.98. The molecule has 0 N–H and O–H groups in total. The second-order valence-corrected chi connectivity index (χ2v) is 6.08. The van der Waals surface area contributed by atoms with Gasteiger partial charge in [0.2, 0.25) is 0 Å². The molecular weight excluding hydrogens is 260 g/mol. The third-order valence-corrected chi connectivity index (χ3v) is 4.61. The molecule has 1 aromatic heterocycles. The van der Waals surface area contributed by atoms with E-state index in [-0.39, 0.29) is 0 Å². The van der Waals surface area contributed by atoms with Crippen molar-refractivity contribution in [2.75, 3.05) is 0 Å². The van der Waals surface area contributed by atoms with E-state index in [1.807, 2.05) is 11.3 Å². The van der Waals surface area contributed by atoms with Crippen molar-refractivity contribution in [1.82, 2.24) is 0 Å². The lowest BCUT2D eigenvalue weighted by Gasteiger charge is -2.03. The Labute approximate surface area is 124 Å². The molecule has 1 heterocycles. The highest BCUT2D eigenvalue weighted by Gasteiger charge is 2.01. The van der Waals surface area contributed by atoms with E-state index in [4.69, 9.17) is 0 Å². The second kappa shape index (κ2) is 6.06. The van der Waals surface area contributed by atoms with Gasteiger partial charge in [-0.25, -0.2) is 0 Å². The Balaban J connectivity index is 1.67. The van der Waals surface area contributed by atoms with Gasteiger partial charge in [0.1, 0.15) is 0 Å². The molecule has 1 heteroatoms. The van der Waals surface area contributed by atoms with Gasteiger partial charge in [0, 0.05) is 4.88 Å². The van der Waals surface area contributed by atoms with Crippen LogP contribution in [0.5, 0.6) is 0 Å².